The number of Topliss-reactive ketones (excluding diaryl/α,β-unsaturated/α-hetero) is 1. The van der Waals surface area contributed by atoms with Crippen LogP contribution in [0.5, 0.6) is 11.5 Å². The summed E-state index contributed by atoms with van der Waals surface area (Å²) in [4.78, 5) is 11.3. The van der Waals surface area contributed by atoms with Gasteiger partial charge in [0, 0.05) is 11.1 Å². The molecule has 0 radical (unpaired) electrons. The molecular formula is C12H14O3. The number of allylic oxidation sites excluding steroid dienone is 1. The van der Waals surface area contributed by atoms with Gasteiger partial charge >= 0.3 is 0 Å². The highest BCUT2D eigenvalue weighted by Gasteiger charge is 2.14. The molecule has 1 rings (SSSR count). The van der Waals surface area contributed by atoms with E-state index in [0.29, 0.717) is 23.3 Å². The van der Waals surface area contributed by atoms with Gasteiger partial charge in [-0.15, -0.1) is 6.58 Å². The lowest BCUT2D eigenvalue weighted by atomic mass is 10.00. The highest BCUT2D eigenvalue weighted by atomic mass is 16.5. The average molecular weight is 206 g/mol. The van der Waals surface area contributed by atoms with Crippen LogP contribution < -0.4 is 4.74 Å². The summed E-state index contributed by atoms with van der Waals surface area (Å²) in [6, 6.07) is 3.06. The Balaban J connectivity index is 3.40. The summed E-state index contributed by atoms with van der Waals surface area (Å²) < 4.78 is 5.07. The molecule has 80 valence electrons. The van der Waals surface area contributed by atoms with Gasteiger partial charge in [0.2, 0.25) is 0 Å². The van der Waals surface area contributed by atoms with E-state index in [-0.39, 0.29) is 11.5 Å². The molecule has 0 spiro atoms. The minimum Gasteiger partial charge on any atom is -0.504 e. The number of rotatable bonds is 4. The molecule has 0 aliphatic heterocycles. The van der Waals surface area contributed by atoms with E-state index in [2.05, 4.69) is 6.58 Å². The molecule has 0 unspecified atom stereocenters. The Kier molecular flexibility index (Phi) is 3.50. The van der Waals surface area contributed by atoms with Gasteiger partial charge in [0.1, 0.15) is 0 Å². The van der Waals surface area contributed by atoms with Gasteiger partial charge in [0.05, 0.1) is 7.11 Å². The standard InChI is InChI=1S/C12H14O3/c1-4-5-10-9(8(2)13)6-7-11(14)12(10)15-3/h4,6-7,14H,1,5H2,2-3H3. The number of phenolic OH excluding ortho intramolecular Hbond substituents is 1. The highest BCUT2D eigenvalue weighted by molar-refractivity contribution is 5.96. The highest BCUT2D eigenvalue weighted by Crippen LogP contribution is 2.33. The number of methoxy groups -OCH3 is 1. The van der Waals surface area contributed by atoms with Crippen LogP contribution in [-0.4, -0.2) is 18.0 Å². The van der Waals surface area contributed by atoms with Crippen molar-refractivity contribution in [1.29, 1.82) is 0 Å². The zero-order valence-electron chi connectivity index (χ0n) is 8.91. The molecule has 0 aromatic heterocycles. The van der Waals surface area contributed by atoms with E-state index < -0.39 is 0 Å². The number of ether oxygens (including phenoxy) is 1. The predicted molar refractivity (Wildman–Crippen MR) is 58.6 cm³/mol. The Labute approximate surface area is 89.0 Å². The van der Waals surface area contributed by atoms with Crippen LogP contribution in [-0.2, 0) is 6.42 Å². The maximum atomic E-state index is 11.3. The summed E-state index contributed by atoms with van der Waals surface area (Å²) in [6.45, 7) is 5.10. The van der Waals surface area contributed by atoms with Crippen molar-refractivity contribution in [2.45, 2.75) is 13.3 Å². The molecule has 0 bridgehead atoms. The fourth-order valence-electron chi connectivity index (χ4n) is 1.52. The molecule has 15 heavy (non-hydrogen) atoms. The molecule has 1 aromatic rings. The lowest BCUT2D eigenvalue weighted by Crippen LogP contribution is -2.02. The number of benzene rings is 1. The van der Waals surface area contributed by atoms with Crippen molar-refractivity contribution >= 4 is 5.78 Å². The molecular weight excluding hydrogens is 192 g/mol. The minimum absolute atomic E-state index is 0.0411. The predicted octanol–water partition coefficient (Wildman–Crippen LogP) is 2.33. The maximum absolute atomic E-state index is 11.3. The van der Waals surface area contributed by atoms with Gasteiger partial charge in [-0.2, -0.15) is 0 Å². The van der Waals surface area contributed by atoms with Gasteiger partial charge in [-0.3, -0.25) is 4.79 Å². The Morgan fingerprint density at radius 3 is 2.73 bits per heavy atom. The second-order valence-electron chi connectivity index (χ2n) is 3.19. The summed E-state index contributed by atoms with van der Waals surface area (Å²) in [5, 5.41) is 9.55. The number of phenols is 1. The van der Waals surface area contributed by atoms with Crippen molar-refractivity contribution in [1.82, 2.24) is 0 Å². The molecule has 0 aliphatic carbocycles. The average Bonchev–Trinajstić information content (AvgIpc) is 2.18. The van der Waals surface area contributed by atoms with Gasteiger partial charge in [0.25, 0.3) is 0 Å². The van der Waals surface area contributed by atoms with Crippen LogP contribution in [0, 0.1) is 0 Å². The van der Waals surface area contributed by atoms with Crippen molar-refractivity contribution in [2.24, 2.45) is 0 Å². The summed E-state index contributed by atoms with van der Waals surface area (Å²) in [6.07, 6.45) is 2.16. The largest absolute Gasteiger partial charge is 0.504 e. The van der Waals surface area contributed by atoms with Crippen LogP contribution in [0.2, 0.25) is 0 Å². The van der Waals surface area contributed by atoms with E-state index in [9.17, 15) is 9.90 Å². The fraction of sp³-hybridized carbons (Fsp3) is 0.250. The molecule has 0 saturated carbocycles. The second kappa shape index (κ2) is 4.64. The van der Waals surface area contributed by atoms with Crippen molar-refractivity contribution in [3.8, 4) is 11.5 Å². The van der Waals surface area contributed by atoms with Crippen molar-refractivity contribution < 1.29 is 14.6 Å². The first-order chi connectivity index (χ1) is 7.11. The van der Waals surface area contributed by atoms with E-state index >= 15 is 0 Å². The van der Waals surface area contributed by atoms with Crippen LogP contribution in [0.1, 0.15) is 22.8 Å². The Bertz CT molecular complexity index is 394. The van der Waals surface area contributed by atoms with E-state index in [0.717, 1.165) is 0 Å². The number of aromatic hydroxyl groups is 1. The van der Waals surface area contributed by atoms with Crippen LogP contribution in [0.25, 0.3) is 0 Å². The monoisotopic (exact) mass is 206 g/mol. The molecule has 3 nitrogen and oxygen atoms in total. The summed E-state index contributed by atoms with van der Waals surface area (Å²) in [5.41, 5.74) is 1.24. The van der Waals surface area contributed by atoms with Crippen LogP contribution >= 0.6 is 0 Å². The SMILES string of the molecule is C=CCc1c(C(C)=O)ccc(O)c1OC. The lowest BCUT2D eigenvalue weighted by Gasteiger charge is -2.12. The fourth-order valence-corrected chi connectivity index (χ4v) is 1.52. The molecule has 0 amide bonds. The molecule has 3 heteroatoms. The van der Waals surface area contributed by atoms with Crippen molar-refractivity contribution in [3.63, 3.8) is 0 Å². The molecule has 1 N–H and O–H groups in total. The quantitative estimate of drug-likeness (QED) is 0.607. The van der Waals surface area contributed by atoms with E-state index in [1.165, 1.54) is 20.1 Å². The smallest absolute Gasteiger partial charge is 0.164 e. The number of ketones is 1. The van der Waals surface area contributed by atoms with Crippen molar-refractivity contribution in [2.75, 3.05) is 7.11 Å². The molecule has 0 fully saturated rings. The number of carbonyl (C=O) groups is 1. The summed E-state index contributed by atoms with van der Waals surface area (Å²) in [5.74, 6) is 0.340. The van der Waals surface area contributed by atoms with Gasteiger partial charge < -0.3 is 9.84 Å². The molecule has 1 aromatic carbocycles. The topological polar surface area (TPSA) is 46.5 Å². The summed E-state index contributed by atoms with van der Waals surface area (Å²) >= 11 is 0. The number of hydrogen-bond donors (Lipinski definition) is 1. The minimum atomic E-state index is -0.0508. The molecule has 0 atom stereocenters. The van der Waals surface area contributed by atoms with E-state index in [1.54, 1.807) is 12.1 Å². The van der Waals surface area contributed by atoms with Gasteiger partial charge in [-0.05, 0) is 25.5 Å². The maximum Gasteiger partial charge on any atom is 0.164 e. The van der Waals surface area contributed by atoms with Crippen LogP contribution in [0.4, 0.5) is 0 Å². The third-order valence-corrected chi connectivity index (χ3v) is 2.17. The van der Waals surface area contributed by atoms with Crippen LogP contribution in [0.3, 0.4) is 0 Å². The van der Waals surface area contributed by atoms with Gasteiger partial charge in [0.15, 0.2) is 17.3 Å². The van der Waals surface area contributed by atoms with Gasteiger partial charge in [-0.1, -0.05) is 6.08 Å². The number of hydrogen-bond acceptors (Lipinski definition) is 3. The van der Waals surface area contributed by atoms with Crippen molar-refractivity contribution in [3.05, 3.63) is 35.9 Å². The Morgan fingerprint density at radius 2 is 2.27 bits per heavy atom. The summed E-state index contributed by atoms with van der Waals surface area (Å²) in [7, 11) is 1.46. The molecule has 0 aliphatic rings. The Morgan fingerprint density at radius 1 is 1.60 bits per heavy atom. The third-order valence-electron chi connectivity index (χ3n) is 2.17. The third kappa shape index (κ3) is 2.18. The number of carbonyl (C=O) groups excluding carboxylic acids is 1. The molecule has 0 heterocycles. The normalized spacial score (nSPS) is 9.73. The molecule has 0 saturated heterocycles. The second-order valence-corrected chi connectivity index (χ2v) is 3.19. The lowest BCUT2D eigenvalue weighted by molar-refractivity contribution is 0.101. The van der Waals surface area contributed by atoms with E-state index in [4.69, 9.17) is 4.74 Å². The Hall–Kier alpha value is -1.77. The zero-order chi connectivity index (χ0) is 11.4. The van der Waals surface area contributed by atoms with Gasteiger partial charge in [-0.25, -0.2) is 0 Å². The van der Waals surface area contributed by atoms with E-state index in [1.807, 2.05) is 0 Å². The first-order valence-electron chi connectivity index (χ1n) is 4.62. The van der Waals surface area contributed by atoms with Crippen LogP contribution in [0.15, 0.2) is 24.8 Å². The zero-order valence-corrected chi connectivity index (χ0v) is 8.91. The first-order valence-corrected chi connectivity index (χ1v) is 4.62. The first kappa shape index (κ1) is 11.3.